The summed E-state index contributed by atoms with van der Waals surface area (Å²) in [5, 5.41) is 11.3. The second-order valence-corrected chi connectivity index (χ2v) is 5.15. The third-order valence-electron chi connectivity index (χ3n) is 3.21. The van der Waals surface area contributed by atoms with Gasteiger partial charge in [0.1, 0.15) is 0 Å². The van der Waals surface area contributed by atoms with E-state index < -0.39 is 4.92 Å². The third kappa shape index (κ3) is 3.35. The zero-order chi connectivity index (χ0) is 14.7. The van der Waals surface area contributed by atoms with Crippen molar-refractivity contribution in [2.24, 2.45) is 5.73 Å². The SMILES string of the molecule is Cc1cc(C(N)Cc2ccc([N+](=O)[O-])cc2)ccc1Cl. The van der Waals surface area contributed by atoms with Gasteiger partial charge in [0.05, 0.1) is 4.92 Å². The smallest absolute Gasteiger partial charge is 0.269 e. The lowest BCUT2D eigenvalue weighted by Gasteiger charge is -2.13. The van der Waals surface area contributed by atoms with Crippen LogP contribution >= 0.6 is 11.6 Å². The molecular formula is C15H15ClN2O2. The average Bonchev–Trinajstić information content (AvgIpc) is 2.42. The Balaban J connectivity index is 2.12. The lowest BCUT2D eigenvalue weighted by molar-refractivity contribution is -0.384. The maximum atomic E-state index is 10.6. The Morgan fingerprint density at radius 2 is 1.90 bits per heavy atom. The largest absolute Gasteiger partial charge is 0.324 e. The van der Waals surface area contributed by atoms with Gasteiger partial charge in [-0.1, -0.05) is 35.9 Å². The van der Waals surface area contributed by atoms with E-state index in [0.717, 1.165) is 21.7 Å². The van der Waals surface area contributed by atoms with E-state index in [1.165, 1.54) is 12.1 Å². The Hall–Kier alpha value is -1.91. The number of non-ortho nitro benzene ring substituents is 1. The van der Waals surface area contributed by atoms with Gasteiger partial charge in [-0.15, -0.1) is 0 Å². The molecule has 0 spiro atoms. The van der Waals surface area contributed by atoms with Gasteiger partial charge < -0.3 is 5.73 Å². The summed E-state index contributed by atoms with van der Waals surface area (Å²) in [7, 11) is 0. The number of nitro benzene ring substituents is 1. The zero-order valence-electron chi connectivity index (χ0n) is 11.0. The summed E-state index contributed by atoms with van der Waals surface area (Å²) < 4.78 is 0. The molecule has 1 unspecified atom stereocenters. The van der Waals surface area contributed by atoms with E-state index in [0.29, 0.717) is 6.42 Å². The van der Waals surface area contributed by atoms with Crippen molar-refractivity contribution in [2.45, 2.75) is 19.4 Å². The first-order valence-corrected chi connectivity index (χ1v) is 6.60. The average molecular weight is 291 g/mol. The number of rotatable bonds is 4. The Morgan fingerprint density at radius 3 is 2.45 bits per heavy atom. The van der Waals surface area contributed by atoms with Gasteiger partial charge in [-0.05, 0) is 36.1 Å². The van der Waals surface area contributed by atoms with Crippen molar-refractivity contribution in [3.05, 3.63) is 74.3 Å². The van der Waals surface area contributed by atoms with E-state index in [9.17, 15) is 10.1 Å². The maximum Gasteiger partial charge on any atom is 0.269 e. The summed E-state index contributed by atoms with van der Waals surface area (Å²) in [6.07, 6.45) is 0.624. The van der Waals surface area contributed by atoms with Gasteiger partial charge in [-0.3, -0.25) is 10.1 Å². The van der Waals surface area contributed by atoms with Crippen LogP contribution in [0.3, 0.4) is 0 Å². The molecule has 0 saturated heterocycles. The molecule has 0 aliphatic rings. The monoisotopic (exact) mass is 290 g/mol. The summed E-state index contributed by atoms with van der Waals surface area (Å²) in [4.78, 5) is 10.2. The summed E-state index contributed by atoms with van der Waals surface area (Å²) in [5.41, 5.74) is 9.22. The molecule has 1 atom stereocenters. The van der Waals surface area contributed by atoms with E-state index in [4.69, 9.17) is 17.3 Å². The van der Waals surface area contributed by atoms with Crippen molar-refractivity contribution in [2.75, 3.05) is 0 Å². The molecule has 4 nitrogen and oxygen atoms in total. The number of halogens is 1. The molecule has 2 aromatic rings. The van der Waals surface area contributed by atoms with Crippen molar-refractivity contribution in [3.8, 4) is 0 Å². The predicted molar refractivity (Wildman–Crippen MR) is 79.9 cm³/mol. The summed E-state index contributed by atoms with van der Waals surface area (Å²) in [5.74, 6) is 0. The molecule has 0 radical (unpaired) electrons. The van der Waals surface area contributed by atoms with Crippen LogP contribution in [-0.4, -0.2) is 4.92 Å². The highest BCUT2D eigenvalue weighted by Crippen LogP contribution is 2.22. The van der Waals surface area contributed by atoms with Crippen molar-refractivity contribution in [1.82, 2.24) is 0 Å². The van der Waals surface area contributed by atoms with E-state index in [2.05, 4.69) is 0 Å². The zero-order valence-corrected chi connectivity index (χ0v) is 11.8. The molecule has 2 rings (SSSR count). The van der Waals surface area contributed by atoms with Crippen LogP contribution in [0.2, 0.25) is 5.02 Å². The quantitative estimate of drug-likeness (QED) is 0.688. The molecule has 0 aliphatic carbocycles. The summed E-state index contributed by atoms with van der Waals surface area (Å²) in [6.45, 7) is 1.93. The number of aryl methyl sites for hydroxylation is 1. The van der Waals surface area contributed by atoms with E-state index in [1.54, 1.807) is 12.1 Å². The fourth-order valence-electron chi connectivity index (χ4n) is 2.02. The van der Waals surface area contributed by atoms with Crippen LogP contribution in [0.25, 0.3) is 0 Å². The van der Waals surface area contributed by atoms with Crippen LogP contribution in [-0.2, 0) is 6.42 Å². The minimum Gasteiger partial charge on any atom is -0.324 e. The predicted octanol–water partition coefficient (Wildman–Crippen LogP) is 3.80. The minimum absolute atomic E-state index is 0.0876. The second kappa shape index (κ2) is 6.03. The minimum atomic E-state index is -0.410. The highest BCUT2D eigenvalue weighted by Gasteiger charge is 2.10. The second-order valence-electron chi connectivity index (χ2n) is 4.74. The molecule has 0 heterocycles. The molecule has 0 fully saturated rings. The molecular weight excluding hydrogens is 276 g/mol. The molecule has 104 valence electrons. The van der Waals surface area contributed by atoms with E-state index in [1.807, 2.05) is 25.1 Å². The van der Waals surface area contributed by atoms with Crippen molar-refractivity contribution < 1.29 is 4.92 Å². The van der Waals surface area contributed by atoms with Gasteiger partial charge in [0, 0.05) is 23.2 Å². The van der Waals surface area contributed by atoms with Crippen LogP contribution in [0.15, 0.2) is 42.5 Å². The van der Waals surface area contributed by atoms with Crippen molar-refractivity contribution in [3.63, 3.8) is 0 Å². The van der Waals surface area contributed by atoms with Gasteiger partial charge in [-0.2, -0.15) is 0 Å². The van der Waals surface area contributed by atoms with Crippen LogP contribution in [0.1, 0.15) is 22.7 Å². The lowest BCUT2D eigenvalue weighted by Crippen LogP contribution is -2.13. The van der Waals surface area contributed by atoms with E-state index >= 15 is 0 Å². The molecule has 0 aromatic heterocycles. The Kier molecular flexibility index (Phi) is 4.37. The summed E-state index contributed by atoms with van der Waals surface area (Å²) in [6, 6.07) is 12.0. The van der Waals surface area contributed by atoms with Gasteiger partial charge in [0.2, 0.25) is 0 Å². The molecule has 20 heavy (non-hydrogen) atoms. The number of hydrogen-bond donors (Lipinski definition) is 1. The first-order chi connectivity index (χ1) is 9.47. The highest BCUT2D eigenvalue weighted by molar-refractivity contribution is 6.31. The number of benzene rings is 2. The maximum absolute atomic E-state index is 10.6. The molecule has 5 heteroatoms. The Morgan fingerprint density at radius 1 is 1.25 bits per heavy atom. The third-order valence-corrected chi connectivity index (χ3v) is 3.64. The molecule has 0 bridgehead atoms. The van der Waals surface area contributed by atoms with Crippen LogP contribution in [0, 0.1) is 17.0 Å². The van der Waals surface area contributed by atoms with Gasteiger partial charge in [-0.25, -0.2) is 0 Å². The molecule has 0 aliphatic heterocycles. The normalized spacial score (nSPS) is 12.2. The van der Waals surface area contributed by atoms with Gasteiger partial charge in [0.25, 0.3) is 5.69 Å². The lowest BCUT2D eigenvalue weighted by atomic mass is 9.98. The number of nitro groups is 1. The molecule has 0 saturated carbocycles. The van der Waals surface area contributed by atoms with Gasteiger partial charge in [0.15, 0.2) is 0 Å². The molecule has 2 aromatic carbocycles. The van der Waals surface area contributed by atoms with Crippen LogP contribution in [0.5, 0.6) is 0 Å². The Bertz CT molecular complexity index is 626. The van der Waals surface area contributed by atoms with Gasteiger partial charge >= 0.3 is 0 Å². The summed E-state index contributed by atoms with van der Waals surface area (Å²) >= 11 is 5.99. The molecule has 0 amide bonds. The number of nitrogens with zero attached hydrogens (tertiary/aromatic N) is 1. The topological polar surface area (TPSA) is 69.2 Å². The highest BCUT2D eigenvalue weighted by atomic mass is 35.5. The Labute approximate surface area is 122 Å². The van der Waals surface area contributed by atoms with Crippen molar-refractivity contribution >= 4 is 17.3 Å². The molecule has 2 N–H and O–H groups in total. The fourth-order valence-corrected chi connectivity index (χ4v) is 2.14. The van der Waals surface area contributed by atoms with Crippen LogP contribution < -0.4 is 5.73 Å². The first kappa shape index (κ1) is 14.5. The first-order valence-electron chi connectivity index (χ1n) is 6.22. The fraction of sp³-hybridized carbons (Fsp3) is 0.200. The number of nitrogens with two attached hydrogens (primary N) is 1. The number of hydrogen-bond acceptors (Lipinski definition) is 3. The standard InChI is InChI=1S/C15H15ClN2O2/c1-10-8-12(4-7-14(10)16)15(17)9-11-2-5-13(6-3-11)18(19)20/h2-8,15H,9,17H2,1H3. The van der Waals surface area contributed by atoms with E-state index in [-0.39, 0.29) is 11.7 Å². The van der Waals surface area contributed by atoms with Crippen LogP contribution in [0.4, 0.5) is 5.69 Å². The van der Waals surface area contributed by atoms with Crippen molar-refractivity contribution in [1.29, 1.82) is 0 Å².